The molecular weight excluding hydrogens is 298 g/mol. The van der Waals surface area contributed by atoms with E-state index in [0.717, 1.165) is 12.1 Å². The lowest BCUT2D eigenvalue weighted by Gasteiger charge is -2.15. The van der Waals surface area contributed by atoms with E-state index in [1.165, 1.54) is 5.56 Å². The van der Waals surface area contributed by atoms with Gasteiger partial charge >= 0.3 is 6.03 Å². The van der Waals surface area contributed by atoms with Gasteiger partial charge in [-0.1, -0.05) is 35.9 Å². The van der Waals surface area contributed by atoms with Crippen molar-refractivity contribution in [3.05, 3.63) is 64.7 Å². The van der Waals surface area contributed by atoms with Gasteiger partial charge in [0.15, 0.2) is 0 Å². The van der Waals surface area contributed by atoms with Crippen LogP contribution in [0, 0.1) is 0 Å². The molecule has 0 saturated heterocycles. The number of carbonyl (C=O) groups excluding carboxylic acids is 1. The third kappa shape index (κ3) is 5.06. The molecule has 0 aliphatic carbocycles. The normalized spacial score (nSPS) is 10.5. The Kier molecular flexibility index (Phi) is 5.81. The number of anilines is 1. The molecule has 0 spiro atoms. The lowest BCUT2D eigenvalue weighted by Crippen LogP contribution is -2.28. The number of halogens is 1. The molecule has 0 atom stereocenters. The molecule has 0 saturated carbocycles. The zero-order valence-electron chi connectivity index (χ0n) is 12.8. The molecule has 116 valence electrons. The van der Waals surface area contributed by atoms with Gasteiger partial charge in [-0.3, -0.25) is 0 Å². The Morgan fingerprint density at radius 3 is 2.32 bits per heavy atom. The largest absolute Gasteiger partial charge is 0.334 e. The fourth-order valence-electron chi connectivity index (χ4n) is 2.11. The predicted molar refractivity (Wildman–Crippen MR) is 91.1 cm³/mol. The lowest BCUT2D eigenvalue weighted by atomic mass is 10.1. The Hall–Kier alpha value is -2.04. The Morgan fingerprint density at radius 2 is 1.68 bits per heavy atom. The second kappa shape index (κ2) is 7.82. The lowest BCUT2D eigenvalue weighted by molar-refractivity contribution is 0.251. The minimum Gasteiger partial charge on any atom is -0.334 e. The highest BCUT2D eigenvalue weighted by atomic mass is 35.5. The van der Waals surface area contributed by atoms with E-state index in [9.17, 15) is 4.79 Å². The molecule has 2 rings (SSSR count). The van der Waals surface area contributed by atoms with E-state index in [-0.39, 0.29) is 6.03 Å². The minimum atomic E-state index is -0.234. The third-order valence-electron chi connectivity index (χ3n) is 3.15. The average molecular weight is 318 g/mol. The van der Waals surface area contributed by atoms with Gasteiger partial charge < -0.3 is 15.5 Å². The minimum absolute atomic E-state index is 0.234. The SMILES string of the molecule is CN(C)Cc1ccccc1CNC(=O)Nc1ccc(Cl)cc1. The zero-order chi connectivity index (χ0) is 15.9. The second-order valence-corrected chi connectivity index (χ2v) is 5.76. The van der Waals surface area contributed by atoms with Gasteiger partial charge in [-0.15, -0.1) is 0 Å². The van der Waals surface area contributed by atoms with Crippen LogP contribution in [0.5, 0.6) is 0 Å². The van der Waals surface area contributed by atoms with Crippen molar-refractivity contribution in [1.82, 2.24) is 10.2 Å². The summed E-state index contributed by atoms with van der Waals surface area (Å²) < 4.78 is 0. The quantitative estimate of drug-likeness (QED) is 0.882. The van der Waals surface area contributed by atoms with Crippen molar-refractivity contribution >= 4 is 23.3 Å². The number of amides is 2. The first-order chi connectivity index (χ1) is 10.5. The second-order valence-electron chi connectivity index (χ2n) is 5.32. The van der Waals surface area contributed by atoms with Crippen molar-refractivity contribution in [3.63, 3.8) is 0 Å². The summed E-state index contributed by atoms with van der Waals surface area (Å²) in [5.74, 6) is 0. The van der Waals surface area contributed by atoms with Crippen molar-refractivity contribution in [1.29, 1.82) is 0 Å². The van der Waals surface area contributed by atoms with Gasteiger partial charge in [-0.05, 0) is 49.5 Å². The highest BCUT2D eigenvalue weighted by Gasteiger charge is 2.06. The van der Waals surface area contributed by atoms with Crippen LogP contribution in [0.2, 0.25) is 5.02 Å². The molecule has 0 aromatic heterocycles. The summed E-state index contributed by atoms with van der Waals surface area (Å²) in [4.78, 5) is 14.0. The van der Waals surface area contributed by atoms with Gasteiger partial charge in [-0.25, -0.2) is 4.79 Å². The predicted octanol–water partition coefficient (Wildman–Crippen LogP) is 3.72. The molecule has 0 radical (unpaired) electrons. The molecule has 0 bridgehead atoms. The monoisotopic (exact) mass is 317 g/mol. The molecule has 2 amide bonds. The van der Waals surface area contributed by atoms with E-state index in [2.05, 4.69) is 21.6 Å². The number of carbonyl (C=O) groups is 1. The Morgan fingerprint density at radius 1 is 1.05 bits per heavy atom. The van der Waals surface area contributed by atoms with Crippen LogP contribution >= 0.6 is 11.6 Å². The molecule has 4 nitrogen and oxygen atoms in total. The van der Waals surface area contributed by atoms with E-state index in [1.54, 1.807) is 24.3 Å². The first kappa shape index (κ1) is 16.3. The topological polar surface area (TPSA) is 44.4 Å². The van der Waals surface area contributed by atoms with Crippen LogP contribution in [0.25, 0.3) is 0 Å². The van der Waals surface area contributed by atoms with Gasteiger partial charge in [-0.2, -0.15) is 0 Å². The zero-order valence-corrected chi connectivity index (χ0v) is 13.5. The van der Waals surface area contributed by atoms with Crippen LogP contribution in [-0.2, 0) is 13.1 Å². The van der Waals surface area contributed by atoms with Crippen LogP contribution < -0.4 is 10.6 Å². The number of hydrogen-bond acceptors (Lipinski definition) is 2. The number of nitrogens with one attached hydrogen (secondary N) is 2. The molecule has 0 aliphatic rings. The molecule has 0 fully saturated rings. The van der Waals surface area contributed by atoms with Gasteiger partial charge in [0.25, 0.3) is 0 Å². The van der Waals surface area contributed by atoms with Crippen LogP contribution in [-0.4, -0.2) is 25.0 Å². The number of hydrogen-bond donors (Lipinski definition) is 2. The van der Waals surface area contributed by atoms with Crippen molar-refractivity contribution < 1.29 is 4.79 Å². The Balaban J connectivity index is 1.92. The van der Waals surface area contributed by atoms with E-state index in [1.807, 2.05) is 32.3 Å². The molecule has 2 N–H and O–H groups in total. The summed E-state index contributed by atoms with van der Waals surface area (Å²) in [6, 6.07) is 14.9. The number of benzene rings is 2. The summed E-state index contributed by atoms with van der Waals surface area (Å²) in [5, 5.41) is 6.30. The van der Waals surface area contributed by atoms with Crippen LogP contribution in [0.1, 0.15) is 11.1 Å². The maximum atomic E-state index is 11.9. The Labute approximate surface area is 136 Å². The van der Waals surface area contributed by atoms with Gasteiger partial charge in [0.2, 0.25) is 0 Å². The smallest absolute Gasteiger partial charge is 0.319 e. The van der Waals surface area contributed by atoms with Crippen molar-refractivity contribution in [3.8, 4) is 0 Å². The molecule has 2 aromatic carbocycles. The van der Waals surface area contributed by atoms with Crippen molar-refractivity contribution in [2.24, 2.45) is 0 Å². The third-order valence-corrected chi connectivity index (χ3v) is 3.40. The van der Waals surface area contributed by atoms with E-state index < -0.39 is 0 Å². The maximum absolute atomic E-state index is 11.9. The number of urea groups is 1. The maximum Gasteiger partial charge on any atom is 0.319 e. The molecular formula is C17H20ClN3O. The standard InChI is InChI=1S/C17H20ClN3O/c1-21(2)12-14-6-4-3-5-13(14)11-19-17(22)20-16-9-7-15(18)8-10-16/h3-10H,11-12H2,1-2H3,(H2,19,20,22). The molecule has 2 aromatic rings. The summed E-state index contributed by atoms with van der Waals surface area (Å²) >= 11 is 5.82. The van der Waals surface area contributed by atoms with E-state index in [0.29, 0.717) is 17.3 Å². The molecule has 5 heteroatoms. The van der Waals surface area contributed by atoms with Crippen LogP contribution in [0.3, 0.4) is 0 Å². The van der Waals surface area contributed by atoms with Gasteiger partial charge in [0, 0.05) is 23.8 Å². The molecule has 0 unspecified atom stereocenters. The van der Waals surface area contributed by atoms with Crippen LogP contribution in [0.15, 0.2) is 48.5 Å². The highest BCUT2D eigenvalue weighted by Crippen LogP contribution is 2.13. The van der Waals surface area contributed by atoms with E-state index >= 15 is 0 Å². The number of nitrogens with zero attached hydrogens (tertiary/aromatic N) is 1. The average Bonchev–Trinajstić information content (AvgIpc) is 2.48. The van der Waals surface area contributed by atoms with Gasteiger partial charge in [0.1, 0.15) is 0 Å². The van der Waals surface area contributed by atoms with Gasteiger partial charge in [0.05, 0.1) is 0 Å². The molecule has 0 heterocycles. The highest BCUT2D eigenvalue weighted by molar-refractivity contribution is 6.30. The summed E-state index contributed by atoms with van der Waals surface area (Å²) in [6.07, 6.45) is 0. The molecule has 22 heavy (non-hydrogen) atoms. The number of rotatable bonds is 5. The fraction of sp³-hybridized carbons (Fsp3) is 0.235. The van der Waals surface area contributed by atoms with Crippen LogP contribution in [0.4, 0.5) is 10.5 Å². The van der Waals surface area contributed by atoms with Crippen molar-refractivity contribution in [2.45, 2.75) is 13.1 Å². The summed E-state index contributed by atoms with van der Waals surface area (Å²) in [5.41, 5.74) is 3.03. The summed E-state index contributed by atoms with van der Waals surface area (Å²) in [6.45, 7) is 1.33. The first-order valence-corrected chi connectivity index (χ1v) is 7.44. The first-order valence-electron chi connectivity index (χ1n) is 7.06. The Bertz CT molecular complexity index is 626. The van der Waals surface area contributed by atoms with E-state index in [4.69, 9.17) is 11.6 Å². The molecule has 0 aliphatic heterocycles. The van der Waals surface area contributed by atoms with Crippen molar-refractivity contribution in [2.75, 3.05) is 19.4 Å². The fourth-order valence-corrected chi connectivity index (χ4v) is 2.23. The summed E-state index contributed by atoms with van der Waals surface area (Å²) in [7, 11) is 4.05.